The molecule has 1 aromatic carbocycles. The van der Waals surface area contributed by atoms with Gasteiger partial charge in [0.2, 0.25) is 21.8 Å². The van der Waals surface area contributed by atoms with E-state index in [-0.39, 0.29) is 44.3 Å². The maximum atomic E-state index is 13.0. The highest BCUT2D eigenvalue weighted by Crippen LogP contribution is 2.22. The van der Waals surface area contributed by atoms with Crippen LogP contribution in [0.3, 0.4) is 0 Å². The fraction of sp³-hybridized carbons (Fsp3) is 0.476. The molecule has 1 N–H and O–H groups in total. The first-order valence-corrected chi connectivity index (χ1v) is 11.6. The van der Waals surface area contributed by atoms with Gasteiger partial charge in [0.15, 0.2) is 0 Å². The molecule has 0 spiro atoms. The Kier molecular flexibility index (Phi) is 7.11. The van der Waals surface area contributed by atoms with Gasteiger partial charge in [0, 0.05) is 45.1 Å². The van der Waals surface area contributed by atoms with Crippen molar-refractivity contribution in [2.24, 2.45) is 0 Å². The minimum atomic E-state index is -3.60. The third-order valence-corrected chi connectivity index (χ3v) is 7.30. The largest absolute Gasteiger partial charge is 0.361 e. The van der Waals surface area contributed by atoms with E-state index in [1.807, 2.05) is 13.0 Å². The molecule has 3 rings (SSSR count). The van der Waals surface area contributed by atoms with E-state index in [1.165, 1.54) is 4.31 Å². The number of aromatic nitrogens is 1. The van der Waals surface area contributed by atoms with Gasteiger partial charge in [-0.15, -0.1) is 0 Å². The van der Waals surface area contributed by atoms with Crippen LogP contribution in [0.5, 0.6) is 0 Å². The summed E-state index contributed by atoms with van der Waals surface area (Å²) in [4.78, 5) is 26.4. The zero-order valence-corrected chi connectivity index (χ0v) is 18.9. The van der Waals surface area contributed by atoms with Gasteiger partial charge >= 0.3 is 0 Å². The number of hydrogen-bond acceptors (Lipinski definition) is 6. The van der Waals surface area contributed by atoms with Gasteiger partial charge in [-0.2, -0.15) is 4.31 Å². The zero-order chi connectivity index (χ0) is 22.6. The SMILES string of the molecule is Cc1ccc(C)c(S(=O)(=O)N2CCN(C(=O)CCC(=O)NCc3cc(C)on3)CC2)c1. The molecule has 0 saturated carbocycles. The lowest BCUT2D eigenvalue weighted by molar-refractivity contribution is -0.134. The Labute approximate surface area is 182 Å². The maximum Gasteiger partial charge on any atom is 0.243 e. The fourth-order valence-electron chi connectivity index (χ4n) is 3.46. The highest BCUT2D eigenvalue weighted by atomic mass is 32.2. The number of sulfonamides is 1. The summed E-state index contributed by atoms with van der Waals surface area (Å²) in [7, 11) is -3.60. The Morgan fingerprint density at radius 2 is 1.77 bits per heavy atom. The van der Waals surface area contributed by atoms with E-state index in [2.05, 4.69) is 10.5 Å². The van der Waals surface area contributed by atoms with Crippen molar-refractivity contribution in [2.75, 3.05) is 26.2 Å². The van der Waals surface area contributed by atoms with Gasteiger partial charge in [-0.3, -0.25) is 9.59 Å². The van der Waals surface area contributed by atoms with Crippen molar-refractivity contribution in [3.05, 3.63) is 46.8 Å². The van der Waals surface area contributed by atoms with Crippen molar-refractivity contribution in [1.82, 2.24) is 19.7 Å². The molecule has 1 aliphatic heterocycles. The number of amides is 2. The summed E-state index contributed by atoms with van der Waals surface area (Å²) < 4.78 is 32.4. The van der Waals surface area contributed by atoms with Gasteiger partial charge in [-0.05, 0) is 38.0 Å². The Balaban J connectivity index is 1.47. The monoisotopic (exact) mass is 448 g/mol. The zero-order valence-electron chi connectivity index (χ0n) is 18.1. The van der Waals surface area contributed by atoms with Crippen molar-refractivity contribution in [1.29, 1.82) is 0 Å². The second-order valence-corrected chi connectivity index (χ2v) is 9.67. The van der Waals surface area contributed by atoms with Crippen LogP contribution < -0.4 is 5.32 Å². The van der Waals surface area contributed by atoms with Crippen LogP contribution in [0.25, 0.3) is 0 Å². The lowest BCUT2D eigenvalue weighted by Gasteiger charge is -2.34. The summed E-state index contributed by atoms with van der Waals surface area (Å²) >= 11 is 0. The summed E-state index contributed by atoms with van der Waals surface area (Å²) in [5.41, 5.74) is 2.21. The van der Waals surface area contributed by atoms with Gasteiger partial charge < -0.3 is 14.7 Å². The average Bonchev–Trinajstić information content (AvgIpc) is 3.17. The molecule has 0 radical (unpaired) electrons. The molecular weight excluding hydrogens is 420 g/mol. The molecule has 168 valence electrons. The number of nitrogens with one attached hydrogen (secondary N) is 1. The number of carbonyl (C=O) groups excluding carboxylic acids is 2. The molecule has 31 heavy (non-hydrogen) atoms. The van der Waals surface area contributed by atoms with Crippen LogP contribution in [0.1, 0.15) is 35.4 Å². The molecule has 2 aromatic rings. The number of piperazine rings is 1. The van der Waals surface area contributed by atoms with Crippen molar-refractivity contribution in [3.63, 3.8) is 0 Å². The number of rotatable bonds is 7. The van der Waals surface area contributed by atoms with Crippen molar-refractivity contribution >= 4 is 21.8 Å². The van der Waals surface area contributed by atoms with Gasteiger partial charge in [0.1, 0.15) is 11.5 Å². The molecule has 10 heteroatoms. The number of aryl methyl sites for hydroxylation is 3. The van der Waals surface area contributed by atoms with Gasteiger partial charge in [0.25, 0.3) is 0 Å². The smallest absolute Gasteiger partial charge is 0.243 e. The Hall–Kier alpha value is -2.72. The molecule has 9 nitrogen and oxygen atoms in total. The average molecular weight is 449 g/mol. The number of carbonyl (C=O) groups is 2. The van der Waals surface area contributed by atoms with Gasteiger partial charge in [0.05, 0.1) is 11.4 Å². The van der Waals surface area contributed by atoms with Crippen LogP contribution >= 0.6 is 0 Å². The topological polar surface area (TPSA) is 113 Å². The molecule has 0 unspecified atom stereocenters. The second-order valence-electron chi connectivity index (χ2n) is 7.76. The summed E-state index contributed by atoms with van der Waals surface area (Å²) in [6, 6.07) is 7.10. The van der Waals surface area contributed by atoms with E-state index in [0.29, 0.717) is 35.0 Å². The first kappa shape index (κ1) is 23.0. The third kappa shape index (κ3) is 5.71. The standard InChI is InChI=1S/C21H28N4O5S/c1-15-4-5-16(2)19(12-15)31(28,29)25-10-8-24(9-11-25)21(27)7-6-20(26)22-14-18-13-17(3)30-23-18/h4-5,12-13H,6-11,14H2,1-3H3,(H,22,26). The molecule has 1 aromatic heterocycles. The first-order valence-electron chi connectivity index (χ1n) is 10.2. The number of benzene rings is 1. The van der Waals surface area contributed by atoms with Crippen LogP contribution in [0.15, 0.2) is 33.7 Å². The first-order chi connectivity index (χ1) is 14.7. The van der Waals surface area contributed by atoms with E-state index in [4.69, 9.17) is 4.52 Å². The molecule has 1 aliphatic rings. The van der Waals surface area contributed by atoms with Crippen molar-refractivity contribution < 1.29 is 22.5 Å². The summed E-state index contributed by atoms with van der Waals surface area (Å²) in [5, 5.41) is 6.50. The minimum Gasteiger partial charge on any atom is -0.361 e. The summed E-state index contributed by atoms with van der Waals surface area (Å²) in [6.45, 7) is 6.74. The van der Waals surface area contributed by atoms with Crippen LogP contribution in [0.2, 0.25) is 0 Å². The summed E-state index contributed by atoms with van der Waals surface area (Å²) in [6.07, 6.45) is 0.143. The Morgan fingerprint density at radius 3 is 2.42 bits per heavy atom. The summed E-state index contributed by atoms with van der Waals surface area (Å²) in [5.74, 6) is 0.263. The lowest BCUT2D eigenvalue weighted by Crippen LogP contribution is -2.50. The van der Waals surface area contributed by atoms with E-state index in [9.17, 15) is 18.0 Å². The molecule has 2 heterocycles. The predicted molar refractivity (Wildman–Crippen MR) is 114 cm³/mol. The van der Waals surface area contributed by atoms with Crippen LogP contribution in [0.4, 0.5) is 0 Å². The minimum absolute atomic E-state index is 0.0661. The van der Waals surface area contributed by atoms with E-state index in [1.54, 1.807) is 36.9 Å². The highest BCUT2D eigenvalue weighted by Gasteiger charge is 2.31. The number of hydrogen-bond donors (Lipinski definition) is 1. The molecular formula is C21H28N4O5S. The Morgan fingerprint density at radius 1 is 1.06 bits per heavy atom. The lowest BCUT2D eigenvalue weighted by atomic mass is 10.2. The molecule has 2 amide bonds. The van der Waals surface area contributed by atoms with Crippen molar-refractivity contribution in [2.45, 2.75) is 45.1 Å². The highest BCUT2D eigenvalue weighted by molar-refractivity contribution is 7.89. The molecule has 1 saturated heterocycles. The van der Waals surface area contributed by atoms with Crippen LogP contribution in [-0.2, 0) is 26.2 Å². The van der Waals surface area contributed by atoms with Crippen LogP contribution in [-0.4, -0.2) is 60.8 Å². The molecule has 1 fully saturated rings. The second kappa shape index (κ2) is 9.61. The maximum absolute atomic E-state index is 13.0. The Bertz CT molecular complexity index is 1060. The molecule has 0 aliphatic carbocycles. The fourth-order valence-corrected chi connectivity index (χ4v) is 5.19. The van der Waals surface area contributed by atoms with Gasteiger partial charge in [-0.1, -0.05) is 17.3 Å². The quantitative estimate of drug-likeness (QED) is 0.687. The third-order valence-electron chi connectivity index (χ3n) is 5.26. The predicted octanol–water partition coefficient (Wildman–Crippen LogP) is 1.53. The normalized spacial score (nSPS) is 15.1. The van der Waals surface area contributed by atoms with E-state index >= 15 is 0 Å². The van der Waals surface area contributed by atoms with Gasteiger partial charge in [-0.25, -0.2) is 8.42 Å². The molecule has 0 bridgehead atoms. The van der Waals surface area contributed by atoms with Crippen molar-refractivity contribution in [3.8, 4) is 0 Å². The van der Waals surface area contributed by atoms with Crippen LogP contribution in [0, 0.1) is 20.8 Å². The van der Waals surface area contributed by atoms with E-state index in [0.717, 1.165) is 5.56 Å². The molecule has 0 atom stereocenters. The number of nitrogens with zero attached hydrogens (tertiary/aromatic N) is 3. The van der Waals surface area contributed by atoms with E-state index < -0.39 is 10.0 Å².